The minimum atomic E-state index is -0.338. The molecule has 7 heteroatoms. The predicted octanol–water partition coefficient (Wildman–Crippen LogP) is 1.19. The summed E-state index contributed by atoms with van der Waals surface area (Å²) in [6.07, 6.45) is 2.37. The lowest BCUT2D eigenvalue weighted by molar-refractivity contribution is -0.144. The number of hydrogen-bond donors (Lipinski definition) is 0. The normalized spacial score (nSPS) is 18.1. The number of ether oxygens (including phenoxy) is 3. The molecule has 148 valence electrons. The van der Waals surface area contributed by atoms with E-state index in [1.165, 1.54) is 23.1 Å². The van der Waals surface area contributed by atoms with Gasteiger partial charge < -0.3 is 24.0 Å². The molecule has 7 nitrogen and oxygen atoms in total. The molecule has 1 spiro atoms. The molecule has 0 N–H and O–H groups in total. The molecule has 0 unspecified atom stereocenters. The van der Waals surface area contributed by atoms with Crippen molar-refractivity contribution >= 4 is 11.8 Å². The number of nitrogens with zero attached hydrogens (tertiary/aromatic N) is 2. The summed E-state index contributed by atoms with van der Waals surface area (Å²) >= 11 is 0. The zero-order chi connectivity index (χ0) is 19.4. The molecule has 1 aromatic carbocycles. The summed E-state index contributed by atoms with van der Waals surface area (Å²) in [6, 6.07) is 5.97. The second-order valence-electron chi connectivity index (χ2n) is 7.30. The maximum Gasteiger partial charge on any atom is 0.259 e. The van der Waals surface area contributed by atoms with E-state index >= 15 is 0 Å². The average molecular weight is 376 g/mol. The number of methoxy groups -OCH3 is 1. The van der Waals surface area contributed by atoms with E-state index in [0.29, 0.717) is 25.4 Å². The highest BCUT2D eigenvalue weighted by Gasteiger charge is 2.41. The number of rotatable bonds is 5. The van der Waals surface area contributed by atoms with Crippen molar-refractivity contribution in [3.8, 4) is 5.75 Å². The predicted molar refractivity (Wildman–Crippen MR) is 99.7 cm³/mol. The summed E-state index contributed by atoms with van der Waals surface area (Å²) < 4.78 is 16.8. The van der Waals surface area contributed by atoms with E-state index < -0.39 is 0 Å². The van der Waals surface area contributed by atoms with E-state index in [0.717, 1.165) is 19.3 Å². The highest BCUT2D eigenvalue weighted by Crippen LogP contribution is 2.42. The van der Waals surface area contributed by atoms with Gasteiger partial charge in [0.2, 0.25) is 5.91 Å². The van der Waals surface area contributed by atoms with E-state index in [1.54, 1.807) is 14.1 Å². The Bertz CT molecular complexity index is 696. The molecule has 27 heavy (non-hydrogen) atoms. The van der Waals surface area contributed by atoms with Gasteiger partial charge in [-0.2, -0.15) is 0 Å². The third-order valence-electron chi connectivity index (χ3n) is 5.37. The van der Waals surface area contributed by atoms with Crippen molar-refractivity contribution in [3.63, 3.8) is 0 Å². The Hall–Kier alpha value is -2.12. The zero-order valence-corrected chi connectivity index (χ0v) is 16.3. The summed E-state index contributed by atoms with van der Waals surface area (Å²) in [7, 11) is 4.96. The first-order valence-electron chi connectivity index (χ1n) is 9.32. The Kier molecular flexibility index (Phi) is 6.01. The Labute approximate surface area is 160 Å². The smallest absolute Gasteiger partial charge is 0.259 e. The summed E-state index contributed by atoms with van der Waals surface area (Å²) in [6.45, 7) is 2.13. The van der Waals surface area contributed by atoms with Gasteiger partial charge >= 0.3 is 0 Å². The molecule has 0 radical (unpaired) electrons. The summed E-state index contributed by atoms with van der Waals surface area (Å²) in [4.78, 5) is 27.1. The van der Waals surface area contributed by atoms with Gasteiger partial charge in [0, 0.05) is 34.3 Å². The molecule has 0 bridgehead atoms. The highest BCUT2D eigenvalue weighted by atomic mass is 16.5. The van der Waals surface area contributed by atoms with Crippen LogP contribution in [0.3, 0.4) is 0 Å². The minimum Gasteiger partial charge on any atom is -0.484 e. The van der Waals surface area contributed by atoms with Crippen molar-refractivity contribution in [2.24, 2.45) is 0 Å². The molecule has 1 saturated heterocycles. The Morgan fingerprint density at radius 2 is 1.96 bits per heavy atom. The minimum absolute atomic E-state index is 0.0256. The fraction of sp³-hybridized carbons (Fsp3) is 0.600. The lowest BCUT2D eigenvalue weighted by Gasteiger charge is -2.45. The second kappa shape index (κ2) is 8.27. The quantitative estimate of drug-likeness (QED) is 0.772. The third kappa shape index (κ3) is 4.25. The molecule has 2 heterocycles. The third-order valence-corrected chi connectivity index (χ3v) is 5.37. The van der Waals surface area contributed by atoms with E-state index in [2.05, 4.69) is 6.07 Å². The average Bonchev–Trinajstić information content (AvgIpc) is 2.67. The SMILES string of the molecule is COCC(=O)N1CCC2(CC1)OCCc1cc(OCC(=O)N(C)C)ccc12. The van der Waals surface area contributed by atoms with Crippen LogP contribution in [0.4, 0.5) is 0 Å². The van der Waals surface area contributed by atoms with E-state index in [1.807, 2.05) is 17.0 Å². The molecule has 2 amide bonds. The largest absolute Gasteiger partial charge is 0.484 e. The van der Waals surface area contributed by atoms with Gasteiger partial charge in [-0.05, 0) is 42.5 Å². The number of hydrogen-bond acceptors (Lipinski definition) is 5. The van der Waals surface area contributed by atoms with Crippen molar-refractivity contribution in [1.29, 1.82) is 0 Å². The van der Waals surface area contributed by atoms with Crippen LogP contribution < -0.4 is 4.74 Å². The Morgan fingerprint density at radius 3 is 2.63 bits per heavy atom. The van der Waals surface area contributed by atoms with Gasteiger partial charge in [-0.1, -0.05) is 6.07 Å². The maximum absolute atomic E-state index is 12.0. The molecule has 1 fully saturated rings. The monoisotopic (exact) mass is 376 g/mol. The van der Waals surface area contributed by atoms with Gasteiger partial charge in [-0.3, -0.25) is 9.59 Å². The van der Waals surface area contributed by atoms with Crippen molar-refractivity contribution < 1.29 is 23.8 Å². The van der Waals surface area contributed by atoms with Crippen LogP contribution in [-0.2, 0) is 31.1 Å². The van der Waals surface area contributed by atoms with Crippen LogP contribution in [0.1, 0.15) is 24.0 Å². The molecule has 0 saturated carbocycles. The van der Waals surface area contributed by atoms with Crippen LogP contribution in [0, 0.1) is 0 Å². The van der Waals surface area contributed by atoms with Crippen LogP contribution in [0.25, 0.3) is 0 Å². The zero-order valence-electron chi connectivity index (χ0n) is 16.3. The van der Waals surface area contributed by atoms with E-state index in [-0.39, 0.29) is 30.6 Å². The molecular weight excluding hydrogens is 348 g/mol. The summed E-state index contributed by atoms with van der Waals surface area (Å²) in [5, 5.41) is 0. The van der Waals surface area contributed by atoms with Gasteiger partial charge in [0.15, 0.2) is 6.61 Å². The van der Waals surface area contributed by atoms with Crippen molar-refractivity contribution in [3.05, 3.63) is 29.3 Å². The molecule has 1 aromatic rings. The topological polar surface area (TPSA) is 68.3 Å². The first kappa shape index (κ1) is 19.6. The summed E-state index contributed by atoms with van der Waals surface area (Å²) in [5.41, 5.74) is 2.04. The lowest BCUT2D eigenvalue weighted by atomic mass is 9.79. The van der Waals surface area contributed by atoms with Gasteiger partial charge in [0.05, 0.1) is 12.2 Å². The van der Waals surface area contributed by atoms with Gasteiger partial charge in [0.25, 0.3) is 5.91 Å². The van der Waals surface area contributed by atoms with E-state index in [9.17, 15) is 9.59 Å². The second-order valence-corrected chi connectivity index (χ2v) is 7.30. The molecule has 0 aliphatic carbocycles. The number of benzene rings is 1. The van der Waals surface area contributed by atoms with Crippen LogP contribution in [0.15, 0.2) is 18.2 Å². The number of carbonyl (C=O) groups excluding carboxylic acids is 2. The molecule has 0 aromatic heterocycles. The number of likely N-dealkylation sites (N-methyl/N-ethyl adjacent to an activating group) is 1. The van der Waals surface area contributed by atoms with Gasteiger partial charge in [-0.25, -0.2) is 0 Å². The molecule has 2 aliphatic rings. The van der Waals surface area contributed by atoms with E-state index in [4.69, 9.17) is 14.2 Å². The highest BCUT2D eigenvalue weighted by molar-refractivity contribution is 5.77. The number of carbonyl (C=O) groups is 2. The van der Waals surface area contributed by atoms with Gasteiger partial charge in [0.1, 0.15) is 12.4 Å². The lowest BCUT2D eigenvalue weighted by Crippen LogP contribution is -2.49. The van der Waals surface area contributed by atoms with Crippen LogP contribution >= 0.6 is 0 Å². The molecule has 0 atom stereocenters. The number of piperidine rings is 1. The van der Waals surface area contributed by atoms with Crippen molar-refractivity contribution in [1.82, 2.24) is 9.80 Å². The van der Waals surface area contributed by atoms with Gasteiger partial charge in [-0.15, -0.1) is 0 Å². The number of likely N-dealkylation sites (tertiary alicyclic amines) is 1. The first-order valence-corrected chi connectivity index (χ1v) is 9.32. The fourth-order valence-corrected chi connectivity index (χ4v) is 3.77. The van der Waals surface area contributed by atoms with Crippen molar-refractivity contribution in [2.45, 2.75) is 24.9 Å². The first-order chi connectivity index (χ1) is 12.9. The van der Waals surface area contributed by atoms with Crippen LogP contribution in [-0.4, -0.2) is 75.7 Å². The Morgan fingerprint density at radius 1 is 1.22 bits per heavy atom. The molecular formula is C20H28N2O5. The Balaban J connectivity index is 1.70. The summed E-state index contributed by atoms with van der Waals surface area (Å²) in [5.74, 6) is 0.659. The maximum atomic E-state index is 12.0. The molecule has 2 aliphatic heterocycles. The standard InChI is InChI=1S/C20H28N2O5/c1-21(2)18(23)14-26-16-4-5-17-15(12-16)6-11-27-20(17)7-9-22(10-8-20)19(24)13-25-3/h4-5,12H,6-11,13-14H2,1-3H3. The van der Waals surface area contributed by atoms with Crippen LogP contribution in [0.5, 0.6) is 5.75 Å². The number of amides is 2. The number of fused-ring (bicyclic) bond motifs is 2. The fourth-order valence-electron chi connectivity index (χ4n) is 3.77. The van der Waals surface area contributed by atoms with Crippen molar-refractivity contribution in [2.75, 3.05) is 54.1 Å². The molecule has 3 rings (SSSR count). The van der Waals surface area contributed by atoms with Crippen LogP contribution in [0.2, 0.25) is 0 Å².